The molecule has 13 rings (SSSR count). The standard InChI is InChI=1S/C60H49BN2S/c1-35(2)38-21-25-40(26-22-38)62-52-19-13-12-18-51(52)61-56-53(62)31-37(4)32-54(56)63(41-27-23-39(24-28-41)59(5,6)7)57-46-33-50-45(34-55(46)64-58(57)61)44-29-20-36(3)30-49(44)60(50)47-16-10-8-14-42(47)43-15-9-11-17-48(43)60/h8-35H,1-7H3. The summed E-state index contributed by atoms with van der Waals surface area (Å²) in [4.78, 5) is 5.17. The van der Waals surface area contributed by atoms with Crippen molar-refractivity contribution < 1.29 is 0 Å². The van der Waals surface area contributed by atoms with E-state index in [1.807, 2.05) is 11.3 Å². The van der Waals surface area contributed by atoms with E-state index < -0.39 is 5.41 Å². The first-order valence-corrected chi connectivity index (χ1v) is 23.8. The van der Waals surface area contributed by atoms with E-state index in [2.05, 4.69) is 222 Å². The number of benzene rings is 8. The van der Waals surface area contributed by atoms with Crippen molar-refractivity contribution in [2.45, 2.75) is 65.2 Å². The Morgan fingerprint density at radius 2 is 1.12 bits per heavy atom. The third-order valence-electron chi connectivity index (χ3n) is 14.9. The van der Waals surface area contributed by atoms with Gasteiger partial charge >= 0.3 is 0 Å². The van der Waals surface area contributed by atoms with Crippen molar-refractivity contribution in [2.24, 2.45) is 0 Å². The maximum absolute atomic E-state index is 2.64. The quantitative estimate of drug-likeness (QED) is 0.164. The number of nitrogens with zero attached hydrogens (tertiary/aromatic N) is 2. The molecule has 1 aromatic heterocycles. The molecule has 2 nitrogen and oxygen atoms in total. The minimum absolute atomic E-state index is 0.0414. The van der Waals surface area contributed by atoms with Crippen LogP contribution in [-0.2, 0) is 10.8 Å². The Bertz CT molecular complexity index is 3390. The zero-order valence-corrected chi connectivity index (χ0v) is 38.4. The van der Waals surface area contributed by atoms with Gasteiger partial charge in [-0.25, -0.2) is 0 Å². The Labute approximate surface area is 381 Å². The molecule has 0 amide bonds. The second-order valence-corrected chi connectivity index (χ2v) is 21.1. The second kappa shape index (κ2) is 13.2. The van der Waals surface area contributed by atoms with Crippen LogP contribution in [0.2, 0.25) is 0 Å². The van der Waals surface area contributed by atoms with Crippen molar-refractivity contribution in [3.05, 3.63) is 208 Å². The summed E-state index contributed by atoms with van der Waals surface area (Å²) in [6, 6.07) is 63.6. The lowest BCUT2D eigenvalue weighted by molar-refractivity contribution is 0.590. The van der Waals surface area contributed by atoms with Crippen molar-refractivity contribution in [2.75, 3.05) is 9.80 Å². The topological polar surface area (TPSA) is 6.48 Å². The van der Waals surface area contributed by atoms with E-state index in [0.717, 1.165) is 0 Å². The van der Waals surface area contributed by atoms with E-state index in [-0.39, 0.29) is 12.1 Å². The molecule has 0 atom stereocenters. The monoisotopic (exact) mass is 840 g/mol. The molecule has 0 N–H and O–H groups in total. The highest BCUT2D eigenvalue weighted by Crippen LogP contribution is 2.64. The summed E-state index contributed by atoms with van der Waals surface area (Å²) in [6.07, 6.45) is 0. The molecule has 64 heavy (non-hydrogen) atoms. The molecule has 0 fully saturated rings. The molecule has 9 aromatic rings. The summed E-state index contributed by atoms with van der Waals surface area (Å²) in [6.45, 7) is 16.1. The number of hydrogen-bond acceptors (Lipinski definition) is 3. The van der Waals surface area contributed by atoms with Gasteiger partial charge in [0, 0.05) is 43.3 Å². The lowest BCUT2D eigenvalue weighted by atomic mass is 9.36. The average Bonchev–Trinajstić information content (AvgIpc) is 3.91. The Hall–Kier alpha value is -6.62. The maximum Gasteiger partial charge on any atom is 0.264 e. The molecular formula is C60H49BN2S. The average molecular weight is 841 g/mol. The number of fused-ring (bicyclic) bond motifs is 16. The van der Waals surface area contributed by atoms with Crippen LogP contribution >= 0.6 is 11.3 Å². The Kier molecular flexibility index (Phi) is 7.83. The van der Waals surface area contributed by atoms with Gasteiger partial charge in [0.05, 0.1) is 11.1 Å². The Balaban J connectivity index is 1.13. The molecule has 308 valence electrons. The van der Waals surface area contributed by atoms with Crippen LogP contribution in [0.5, 0.6) is 0 Å². The summed E-state index contributed by atoms with van der Waals surface area (Å²) in [5.41, 5.74) is 26.0. The third-order valence-corrected chi connectivity index (χ3v) is 16.1. The minimum atomic E-state index is -0.425. The van der Waals surface area contributed by atoms with Gasteiger partial charge in [-0.15, -0.1) is 11.3 Å². The Morgan fingerprint density at radius 1 is 0.531 bits per heavy atom. The first kappa shape index (κ1) is 37.9. The molecule has 3 heterocycles. The summed E-state index contributed by atoms with van der Waals surface area (Å²) in [7, 11) is 0. The van der Waals surface area contributed by atoms with Crippen molar-refractivity contribution in [1.29, 1.82) is 0 Å². The van der Waals surface area contributed by atoms with Gasteiger partial charge in [0.1, 0.15) is 0 Å². The summed E-state index contributed by atoms with van der Waals surface area (Å²) in [5, 5.41) is 1.32. The Morgan fingerprint density at radius 3 is 1.81 bits per heavy atom. The van der Waals surface area contributed by atoms with Crippen LogP contribution in [-0.4, -0.2) is 6.71 Å². The van der Waals surface area contributed by atoms with Crippen molar-refractivity contribution in [3.63, 3.8) is 0 Å². The first-order valence-electron chi connectivity index (χ1n) is 23.0. The molecule has 1 spiro atoms. The molecule has 0 saturated carbocycles. The second-order valence-electron chi connectivity index (χ2n) is 20.0. The van der Waals surface area contributed by atoms with Gasteiger partial charge < -0.3 is 9.80 Å². The molecule has 4 aliphatic rings. The lowest BCUT2D eigenvalue weighted by Crippen LogP contribution is -2.60. The van der Waals surface area contributed by atoms with Gasteiger partial charge in [-0.05, 0) is 152 Å². The van der Waals surface area contributed by atoms with Gasteiger partial charge in [0.15, 0.2) is 0 Å². The maximum atomic E-state index is 2.64. The zero-order valence-electron chi connectivity index (χ0n) is 37.5. The summed E-state index contributed by atoms with van der Waals surface area (Å²) in [5.74, 6) is 0.468. The van der Waals surface area contributed by atoms with E-state index >= 15 is 0 Å². The van der Waals surface area contributed by atoms with Crippen LogP contribution in [0.3, 0.4) is 0 Å². The summed E-state index contributed by atoms with van der Waals surface area (Å²) >= 11 is 2.00. The molecule has 0 unspecified atom stereocenters. The molecule has 0 radical (unpaired) electrons. The first-order chi connectivity index (χ1) is 31.0. The lowest BCUT2D eigenvalue weighted by Gasteiger charge is -2.43. The van der Waals surface area contributed by atoms with Gasteiger partial charge in [-0.3, -0.25) is 0 Å². The van der Waals surface area contributed by atoms with Gasteiger partial charge in [-0.1, -0.05) is 149 Å². The molecular weight excluding hydrogens is 792 g/mol. The SMILES string of the molecule is Cc1cc2c3c(c1)N(c1ccc(C(C)(C)C)cc1)c1c(sc4cc5c(cc14)C1(c4ccccc4-c4ccccc41)c1cc(C)ccc1-5)B3c1ccccc1N2c1ccc(C(C)C)cc1. The molecule has 0 bridgehead atoms. The molecule has 0 saturated heterocycles. The number of anilines is 6. The summed E-state index contributed by atoms with van der Waals surface area (Å²) < 4.78 is 2.74. The number of para-hydroxylation sites is 1. The van der Waals surface area contributed by atoms with E-state index in [4.69, 9.17) is 0 Å². The van der Waals surface area contributed by atoms with E-state index in [9.17, 15) is 0 Å². The fraction of sp³-hybridized carbons (Fsp3) is 0.167. The van der Waals surface area contributed by atoms with Crippen molar-refractivity contribution in [1.82, 2.24) is 0 Å². The van der Waals surface area contributed by atoms with Gasteiger partial charge in [0.25, 0.3) is 6.71 Å². The largest absolute Gasteiger partial charge is 0.311 e. The van der Waals surface area contributed by atoms with Crippen LogP contribution in [0, 0.1) is 13.8 Å². The fourth-order valence-corrected chi connectivity index (χ4v) is 13.3. The number of rotatable bonds is 3. The van der Waals surface area contributed by atoms with Gasteiger partial charge in [0.2, 0.25) is 0 Å². The van der Waals surface area contributed by atoms with Gasteiger partial charge in [-0.2, -0.15) is 0 Å². The highest BCUT2D eigenvalue weighted by Gasteiger charge is 2.53. The minimum Gasteiger partial charge on any atom is -0.311 e. The zero-order chi connectivity index (χ0) is 43.4. The molecule has 4 heteroatoms. The van der Waals surface area contributed by atoms with E-state index in [1.165, 1.54) is 127 Å². The number of thiophene rings is 1. The molecule has 2 aliphatic carbocycles. The number of aryl methyl sites for hydroxylation is 2. The highest BCUT2D eigenvalue weighted by molar-refractivity contribution is 7.33. The normalized spacial score (nSPS) is 14.7. The molecule has 8 aromatic carbocycles. The fourth-order valence-electron chi connectivity index (χ4n) is 12.0. The van der Waals surface area contributed by atoms with Crippen LogP contribution in [0.25, 0.3) is 32.3 Å². The number of hydrogen-bond donors (Lipinski definition) is 0. The van der Waals surface area contributed by atoms with Crippen LogP contribution < -0.4 is 25.5 Å². The molecule has 2 aliphatic heterocycles. The van der Waals surface area contributed by atoms with E-state index in [1.54, 1.807) is 0 Å². The van der Waals surface area contributed by atoms with Crippen LogP contribution in [0.1, 0.15) is 85.0 Å². The predicted molar refractivity (Wildman–Crippen MR) is 274 cm³/mol. The predicted octanol–water partition coefficient (Wildman–Crippen LogP) is 14.4. The smallest absolute Gasteiger partial charge is 0.264 e. The van der Waals surface area contributed by atoms with Crippen LogP contribution in [0.4, 0.5) is 34.1 Å². The third kappa shape index (κ3) is 4.98. The highest BCUT2D eigenvalue weighted by atomic mass is 32.1. The van der Waals surface area contributed by atoms with Crippen LogP contribution in [0.15, 0.2) is 164 Å². The van der Waals surface area contributed by atoms with Crippen molar-refractivity contribution in [3.8, 4) is 22.3 Å². The van der Waals surface area contributed by atoms with E-state index in [0.29, 0.717) is 5.92 Å². The van der Waals surface area contributed by atoms with Crippen molar-refractivity contribution >= 4 is 78.0 Å².